The van der Waals surface area contributed by atoms with Gasteiger partial charge in [-0.2, -0.15) is 0 Å². The zero-order valence-electron chi connectivity index (χ0n) is 15.5. The largest absolute Gasteiger partial charge is 0.467 e. The normalized spacial score (nSPS) is 29.6. The van der Waals surface area contributed by atoms with Gasteiger partial charge in [-0.05, 0) is 25.7 Å². The predicted molar refractivity (Wildman–Crippen MR) is 91.0 cm³/mol. The van der Waals surface area contributed by atoms with E-state index < -0.39 is 30.5 Å². The average molecular weight is 368 g/mol. The molecule has 3 aliphatic heterocycles. The van der Waals surface area contributed by atoms with E-state index in [-0.39, 0.29) is 18.4 Å². The summed E-state index contributed by atoms with van der Waals surface area (Å²) in [6.07, 6.45) is 2.72. The number of ether oxygens (including phenoxy) is 3. The zero-order chi connectivity index (χ0) is 18.7. The number of nitrogens with zero attached hydrogens (tertiary/aromatic N) is 2. The lowest BCUT2D eigenvalue weighted by Crippen LogP contribution is -2.57. The van der Waals surface area contributed by atoms with Gasteiger partial charge >= 0.3 is 5.97 Å². The van der Waals surface area contributed by atoms with Crippen LogP contribution in [0.3, 0.4) is 0 Å². The van der Waals surface area contributed by atoms with Crippen LogP contribution in [0.25, 0.3) is 0 Å². The van der Waals surface area contributed by atoms with E-state index in [1.807, 2.05) is 6.92 Å². The Kier molecular flexibility index (Phi) is 6.13. The average Bonchev–Trinajstić information content (AvgIpc) is 3.04. The first-order valence-electron chi connectivity index (χ1n) is 9.54. The summed E-state index contributed by atoms with van der Waals surface area (Å²) in [6.45, 7) is 3.54. The van der Waals surface area contributed by atoms with Gasteiger partial charge in [0.2, 0.25) is 0 Å². The van der Waals surface area contributed by atoms with E-state index in [4.69, 9.17) is 14.2 Å². The van der Waals surface area contributed by atoms with Gasteiger partial charge in [-0.25, -0.2) is 4.79 Å². The highest BCUT2D eigenvalue weighted by molar-refractivity contribution is 5.94. The minimum Gasteiger partial charge on any atom is -0.467 e. The predicted octanol–water partition coefficient (Wildman–Crippen LogP) is 0.683. The number of esters is 1. The van der Waals surface area contributed by atoms with Crippen LogP contribution in [-0.2, 0) is 28.6 Å². The molecular formula is C18H28N2O6. The van der Waals surface area contributed by atoms with E-state index in [0.29, 0.717) is 19.5 Å². The van der Waals surface area contributed by atoms with Crippen molar-refractivity contribution >= 4 is 17.8 Å². The van der Waals surface area contributed by atoms with Crippen LogP contribution in [-0.4, -0.2) is 78.9 Å². The summed E-state index contributed by atoms with van der Waals surface area (Å²) in [5.41, 5.74) is 0. The van der Waals surface area contributed by atoms with E-state index in [2.05, 4.69) is 0 Å². The summed E-state index contributed by atoms with van der Waals surface area (Å²) in [5.74, 6) is -0.983. The molecule has 8 nitrogen and oxygen atoms in total. The Bertz CT molecular complexity index is 548. The lowest BCUT2D eigenvalue weighted by Gasteiger charge is -2.35. The maximum Gasteiger partial charge on any atom is 0.328 e. The SMILES string of the molecule is CCCC[C@@H](C(=O)OC)N1C[C@H]2O[C@H](C(=O)N3CCCCC3)[C@H](O2)C1=O. The number of fused-ring (bicyclic) bond motifs is 2. The van der Waals surface area contributed by atoms with Crippen LogP contribution in [0.15, 0.2) is 0 Å². The number of likely N-dealkylation sites (tertiary alicyclic amines) is 1. The Morgan fingerprint density at radius 3 is 2.62 bits per heavy atom. The topological polar surface area (TPSA) is 85.4 Å². The molecule has 0 aromatic carbocycles. The number of amides is 2. The van der Waals surface area contributed by atoms with E-state index in [1.54, 1.807) is 4.90 Å². The van der Waals surface area contributed by atoms with E-state index in [1.165, 1.54) is 12.0 Å². The fourth-order valence-electron chi connectivity index (χ4n) is 3.89. The Morgan fingerprint density at radius 1 is 1.23 bits per heavy atom. The van der Waals surface area contributed by atoms with Gasteiger partial charge in [0, 0.05) is 13.1 Å². The highest BCUT2D eigenvalue weighted by Gasteiger charge is 2.54. The molecule has 3 heterocycles. The molecule has 0 spiro atoms. The molecule has 0 aromatic rings. The number of hydrogen-bond acceptors (Lipinski definition) is 6. The smallest absolute Gasteiger partial charge is 0.328 e. The number of rotatable bonds is 6. The van der Waals surface area contributed by atoms with E-state index in [9.17, 15) is 14.4 Å². The molecule has 0 N–H and O–H groups in total. The molecule has 0 saturated carbocycles. The van der Waals surface area contributed by atoms with E-state index >= 15 is 0 Å². The number of carbonyl (C=O) groups excluding carboxylic acids is 3. The third-order valence-electron chi connectivity index (χ3n) is 5.34. The molecule has 26 heavy (non-hydrogen) atoms. The second-order valence-corrected chi connectivity index (χ2v) is 7.10. The number of morpholine rings is 1. The summed E-state index contributed by atoms with van der Waals surface area (Å²) in [5, 5.41) is 0. The molecule has 3 saturated heterocycles. The Hall–Kier alpha value is -1.67. The maximum absolute atomic E-state index is 12.9. The summed E-state index contributed by atoms with van der Waals surface area (Å²) in [4.78, 5) is 41.2. The van der Waals surface area contributed by atoms with Crippen molar-refractivity contribution in [2.75, 3.05) is 26.7 Å². The number of unbranched alkanes of at least 4 members (excludes halogenated alkanes) is 1. The minimum absolute atomic E-state index is 0.141. The lowest BCUT2D eigenvalue weighted by molar-refractivity contribution is -0.173. The van der Waals surface area contributed by atoms with Crippen LogP contribution >= 0.6 is 0 Å². The van der Waals surface area contributed by atoms with Crippen LogP contribution in [0.2, 0.25) is 0 Å². The summed E-state index contributed by atoms with van der Waals surface area (Å²) in [6, 6.07) is -0.659. The Balaban J connectivity index is 1.73. The molecule has 3 fully saturated rings. The van der Waals surface area contributed by atoms with Crippen molar-refractivity contribution in [2.45, 2.75) is 70.0 Å². The van der Waals surface area contributed by atoms with Gasteiger partial charge in [-0.1, -0.05) is 19.8 Å². The first-order valence-corrected chi connectivity index (χ1v) is 9.54. The Morgan fingerprint density at radius 2 is 1.96 bits per heavy atom. The van der Waals surface area contributed by atoms with Crippen molar-refractivity contribution in [3.05, 3.63) is 0 Å². The molecule has 3 aliphatic rings. The number of methoxy groups -OCH3 is 1. The lowest BCUT2D eigenvalue weighted by atomic mass is 10.0. The summed E-state index contributed by atoms with van der Waals surface area (Å²) >= 11 is 0. The van der Waals surface area contributed by atoms with Crippen LogP contribution < -0.4 is 0 Å². The van der Waals surface area contributed by atoms with Crippen molar-refractivity contribution in [1.82, 2.24) is 9.80 Å². The monoisotopic (exact) mass is 368 g/mol. The number of piperidine rings is 1. The number of carbonyl (C=O) groups is 3. The van der Waals surface area contributed by atoms with Gasteiger partial charge in [-0.15, -0.1) is 0 Å². The van der Waals surface area contributed by atoms with Crippen molar-refractivity contribution < 1.29 is 28.6 Å². The first-order chi connectivity index (χ1) is 12.6. The van der Waals surface area contributed by atoms with Crippen molar-refractivity contribution in [3.8, 4) is 0 Å². The minimum atomic E-state index is -0.975. The molecule has 2 amide bonds. The first kappa shape index (κ1) is 19.1. The molecule has 0 radical (unpaired) electrons. The summed E-state index contributed by atoms with van der Waals surface area (Å²) < 4.78 is 16.2. The summed E-state index contributed by atoms with van der Waals surface area (Å²) in [7, 11) is 1.32. The number of hydrogen-bond donors (Lipinski definition) is 0. The van der Waals surface area contributed by atoms with Crippen molar-refractivity contribution in [2.24, 2.45) is 0 Å². The van der Waals surface area contributed by atoms with Gasteiger partial charge in [0.05, 0.1) is 13.7 Å². The van der Waals surface area contributed by atoms with Crippen LogP contribution in [0.1, 0.15) is 45.4 Å². The fourth-order valence-corrected chi connectivity index (χ4v) is 3.89. The third kappa shape index (κ3) is 3.71. The molecule has 3 rings (SSSR count). The maximum atomic E-state index is 12.9. The molecule has 0 aromatic heterocycles. The molecular weight excluding hydrogens is 340 g/mol. The molecule has 2 bridgehead atoms. The third-order valence-corrected chi connectivity index (χ3v) is 5.34. The van der Waals surface area contributed by atoms with Gasteiger partial charge in [0.15, 0.2) is 18.5 Å². The van der Waals surface area contributed by atoms with E-state index in [0.717, 1.165) is 32.1 Å². The molecule has 146 valence electrons. The standard InChI is InChI=1S/C18H28N2O6/c1-3-4-8-12(18(23)24-2)20-11-13-25-14(15(26-13)17(20)22)16(21)19-9-6-5-7-10-19/h12-15H,3-11H2,1-2H3/t12-,13-,14-,15-/m0/s1. The zero-order valence-corrected chi connectivity index (χ0v) is 15.5. The fraction of sp³-hybridized carbons (Fsp3) is 0.833. The van der Waals surface area contributed by atoms with Crippen molar-refractivity contribution in [1.29, 1.82) is 0 Å². The quantitative estimate of drug-likeness (QED) is 0.641. The second kappa shape index (κ2) is 8.35. The van der Waals surface area contributed by atoms with Crippen LogP contribution in [0, 0.1) is 0 Å². The molecule has 8 heteroatoms. The molecule has 4 atom stereocenters. The Labute approximate surface area is 153 Å². The van der Waals surface area contributed by atoms with Gasteiger partial charge in [-0.3, -0.25) is 9.59 Å². The molecule has 0 unspecified atom stereocenters. The van der Waals surface area contributed by atoms with Crippen LogP contribution in [0.4, 0.5) is 0 Å². The highest BCUT2D eigenvalue weighted by atomic mass is 16.7. The van der Waals surface area contributed by atoms with Gasteiger partial charge < -0.3 is 24.0 Å². The highest BCUT2D eigenvalue weighted by Crippen LogP contribution is 2.31. The van der Waals surface area contributed by atoms with Crippen molar-refractivity contribution in [3.63, 3.8) is 0 Å². The van der Waals surface area contributed by atoms with Gasteiger partial charge in [0.25, 0.3) is 11.8 Å². The van der Waals surface area contributed by atoms with Gasteiger partial charge in [0.1, 0.15) is 6.04 Å². The van der Waals surface area contributed by atoms with Crippen LogP contribution in [0.5, 0.6) is 0 Å². The molecule has 0 aliphatic carbocycles. The second-order valence-electron chi connectivity index (χ2n) is 7.10.